The summed E-state index contributed by atoms with van der Waals surface area (Å²) in [4.78, 5) is 17.3. The predicted octanol–water partition coefficient (Wildman–Crippen LogP) is 2.17. The van der Waals surface area contributed by atoms with Crippen LogP contribution in [0.1, 0.15) is 24.6 Å². The molecule has 3 heterocycles. The topological polar surface area (TPSA) is 80.2 Å². The van der Waals surface area contributed by atoms with Gasteiger partial charge in [0.25, 0.3) is 0 Å². The maximum Gasteiger partial charge on any atom is 0.214 e. The predicted molar refractivity (Wildman–Crippen MR) is 69.8 cm³/mol. The molecule has 0 saturated heterocycles. The second-order valence-electron chi connectivity index (χ2n) is 4.43. The van der Waals surface area contributed by atoms with E-state index in [0.717, 1.165) is 16.4 Å². The third kappa shape index (κ3) is 2.17. The molecule has 0 aliphatic heterocycles. The van der Waals surface area contributed by atoms with Crippen LogP contribution in [0.25, 0.3) is 11.2 Å². The maximum absolute atomic E-state index is 4.47. The zero-order valence-corrected chi connectivity index (χ0v) is 10.8. The zero-order chi connectivity index (χ0) is 12.7. The first-order chi connectivity index (χ1) is 9.38. The van der Waals surface area contributed by atoms with Crippen LogP contribution in [-0.4, -0.2) is 30.1 Å². The Morgan fingerprint density at radius 1 is 1.11 bits per heavy atom. The van der Waals surface area contributed by atoms with E-state index in [1.165, 1.54) is 24.6 Å². The van der Waals surface area contributed by atoms with E-state index in [9.17, 15) is 0 Å². The van der Waals surface area contributed by atoms with Crippen molar-refractivity contribution < 1.29 is 0 Å². The molecule has 1 N–H and O–H groups in total. The standard InChI is InChI=1S/C12H10N6S/c1-2-7(1)10-16-12(18-17-10)19-9-4-3-8-11(15-9)14-6-5-13-8/h3-7H,1-2H2,(H,16,17,18). The zero-order valence-electron chi connectivity index (χ0n) is 9.95. The molecule has 0 unspecified atom stereocenters. The Kier molecular flexibility index (Phi) is 2.44. The van der Waals surface area contributed by atoms with Crippen molar-refractivity contribution in [3.05, 3.63) is 30.4 Å². The molecule has 0 atom stereocenters. The van der Waals surface area contributed by atoms with Crippen molar-refractivity contribution in [1.82, 2.24) is 30.1 Å². The Labute approximate surface area is 113 Å². The Balaban J connectivity index is 1.62. The summed E-state index contributed by atoms with van der Waals surface area (Å²) in [5, 5.41) is 8.73. The van der Waals surface area contributed by atoms with Crippen LogP contribution >= 0.6 is 11.8 Å². The van der Waals surface area contributed by atoms with E-state index in [-0.39, 0.29) is 0 Å². The molecular weight excluding hydrogens is 260 g/mol. The number of nitrogens with zero attached hydrogens (tertiary/aromatic N) is 5. The van der Waals surface area contributed by atoms with E-state index in [1.54, 1.807) is 12.4 Å². The fraction of sp³-hybridized carbons (Fsp3) is 0.250. The number of hydrogen-bond donors (Lipinski definition) is 1. The third-order valence-corrected chi connectivity index (χ3v) is 3.75. The molecule has 1 aliphatic carbocycles. The van der Waals surface area contributed by atoms with Gasteiger partial charge in [-0.25, -0.2) is 15.0 Å². The summed E-state index contributed by atoms with van der Waals surface area (Å²) in [7, 11) is 0. The van der Waals surface area contributed by atoms with Crippen LogP contribution in [-0.2, 0) is 0 Å². The van der Waals surface area contributed by atoms with Crippen molar-refractivity contribution in [2.45, 2.75) is 28.9 Å². The molecule has 94 valence electrons. The van der Waals surface area contributed by atoms with E-state index < -0.39 is 0 Å². The smallest absolute Gasteiger partial charge is 0.214 e. The minimum Gasteiger partial charge on any atom is -0.262 e. The number of nitrogens with one attached hydrogen (secondary N) is 1. The highest BCUT2D eigenvalue weighted by Gasteiger charge is 2.27. The summed E-state index contributed by atoms with van der Waals surface area (Å²) in [5.74, 6) is 1.57. The Hall–Kier alpha value is -2.02. The van der Waals surface area contributed by atoms with Gasteiger partial charge in [-0.3, -0.25) is 10.1 Å². The molecule has 4 rings (SSSR count). The average Bonchev–Trinajstić information content (AvgIpc) is 3.20. The first-order valence-corrected chi connectivity index (χ1v) is 6.88. The van der Waals surface area contributed by atoms with Crippen LogP contribution in [0.5, 0.6) is 0 Å². The molecule has 0 spiro atoms. The first-order valence-electron chi connectivity index (χ1n) is 6.06. The van der Waals surface area contributed by atoms with Gasteiger partial charge in [0, 0.05) is 18.3 Å². The quantitative estimate of drug-likeness (QED) is 0.785. The van der Waals surface area contributed by atoms with Crippen LogP contribution in [0.3, 0.4) is 0 Å². The van der Waals surface area contributed by atoms with Crippen molar-refractivity contribution in [1.29, 1.82) is 0 Å². The largest absolute Gasteiger partial charge is 0.262 e. The van der Waals surface area contributed by atoms with Gasteiger partial charge in [-0.15, -0.1) is 5.10 Å². The summed E-state index contributed by atoms with van der Waals surface area (Å²) >= 11 is 1.44. The van der Waals surface area contributed by atoms with Gasteiger partial charge < -0.3 is 0 Å². The third-order valence-electron chi connectivity index (χ3n) is 2.95. The van der Waals surface area contributed by atoms with Crippen molar-refractivity contribution in [3.63, 3.8) is 0 Å². The van der Waals surface area contributed by atoms with E-state index in [4.69, 9.17) is 0 Å². The van der Waals surface area contributed by atoms with Crippen LogP contribution in [0.4, 0.5) is 0 Å². The Bertz CT molecular complexity index is 736. The van der Waals surface area contributed by atoms with Gasteiger partial charge in [0.1, 0.15) is 16.4 Å². The molecule has 3 aromatic heterocycles. The Morgan fingerprint density at radius 3 is 2.89 bits per heavy atom. The average molecular weight is 270 g/mol. The molecule has 6 nitrogen and oxygen atoms in total. The Morgan fingerprint density at radius 2 is 2.00 bits per heavy atom. The lowest BCUT2D eigenvalue weighted by Crippen LogP contribution is -1.88. The number of fused-ring (bicyclic) bond motifs is 1. The molecule has 3 aromatic rings. The molecule has 0 amide bonds. The molecule has 0 bridgehead atoms. The molecule has 0 radical (unpaired) electrons. The highest BCUT2D eigenvalue weighted by molar-refractivity contribution is 7.99. The fourth-order valence-corrected chi connectivity index (χ4v) is 2.52. The molecular formula is C12H10N6S. The first kappa shape index (κ1) is 10.9. The minimum atomic E-state index is 0.581. The van der Waals surface area contributed by atoms with Crippen molar-refractivity contribution in [2.75, 3.05) is 0 Å². The SMILES string of the molecule is c1cnc2nc(Sc3n[nH]c(C4CC4)n3)ccc2n1. The van der Waals surface area contributed by atoms with Crippen LogP contribution < -0.4 is 0 Å². The van der Waals surface area contributed by atoms with Gasteiger partial charge in [0.2, 0.25) is 5.16 Å². The summed E-state index contributed by atoms with van der Waals surface area (Å²) in [6.45, 7) is 0. The second kappa shape index (κ2) is 4.27. The lowest BCUT2D eigenvalue weighted by atomic mass is 10.4. The van der Waals surface area contributed by atoms with Gasteiger partial charge in [0.05, 0.1) is 0 Å². The van der Waals surface area contributed by atoms with Crippen molar-refractivity contribution in [3.8, 4) is 0 Å². The molecule has 19 heavy (non-hydrogen) atoms. The summed E-state index contributed by atoms with van der Waals surface area (Å²) in [6, 6.07) is 3.82. The maximum atomic E-state index is 4.47. The highest BCUT2D eigenvalue weighted by atomic mass is 32.2. The van der Waals surface area contributed by atoms with E-state index in [1.807, 2.05) is 12.1 Å². The summed E-state index contributed by atoms with van der Waals surface area (Å²) in [5.41, 5.74) is 1.44. The fourth-order valence-electron chi connectivity index (χ4n) is 1.83. The second-order valence-corrected chi connectivity index (χ2v) is 5.42. The van der Waals surface area contributed by atoms with Gasteiger partial charge in [0.15, 0.2) is 5.65 Å². The van der Waals surface area contributed by atoms with Crippen LogP contribution in [0.15, 0.2) is 34.7 Å². The molecule has 7 heteroatoms. The van der Waals surface area contributed by atoms with Gasteiger partial charge in [-0.1, -0.05) is 0 Å². The molecule has 1 fully saturated rings. The number of hydrogen-bond acceptors (Lipinski definition) is 6. The number of aromatic amines is 1. The number of pyridine rings is 1. The lowest BCUT2D eigenvalue weighted by molar-refractivity contribution is 0.931. The van der Waals surface area contributed by atoms with E-state index >= 15 is 0 Å². The van der Waals surface area contributed by atoms with Crippen molar-refractivity contribution in [2.24, 2.45) is 0 Å². The number of aromatic nitrogens is 6. The van der Waals surface area contributed by atoms with Crippen LogP contribution in [0, 0.1) is 0 Å². The van der Waals surface area contributed by atoms with Gasteiger partial charge >= 0.3 is 0 Å². The lowest BCUT2D eigenvalue weighted by Gasteiger charge is -1.98. The van der Waals surface area contributed by atoms with E-state index in [2.05, 4.69) is 30.1 Å². The number of H-pyrrole nitrogens is 1. The summed E-state index contributed by atoms with van der Waals surface area (Å²) in [6.07, 6.45) is 5.72. The highest BCUT2D eigenvalue weighted by Crippen LogP contribution is 2.38. The van der Waals surface area contributed by atoms with Crippen LogP contribution in [0.2, 0.25) is 0 Å². The number of rotatable bonds is 3. The summed E-state index contributed by atoms with van der Waals surface area (Å²) < 4.78 is 0. The van der Waals surface area contributed by atoms with E-state index in [0.29, 0.717) is 16.7 Å². The van der Waals surface area contributed by atoms with Crippen molar-refractivity contribution >= 4 is 22.9 Å². The molecule has 1 aliphatic rings. The molecule has 1 saturated carbocycles. The monoisotopic (exact) mass is 270 g/mol. The normalized spacial score (nSPS) is 14.9. The molecule has 0 aromatic carbocycles. The van der Waals surface area contributed by atoms with Gasteiger partial charge in [-0.2, -0.15) is 0 Å². The minimum absolute atomic E-state index is 0.581. The van der Waals surface area contributed by atoms with Gasteiger partial charge in [-0.05, 0) is 36.7 Å².